The standard InChI is InChI=1S/C56H68N6O6S2/c1-7-13-17-19-27-59-51(63)39-25-23-37(29-41(39)53(59)65)43-31-57-49(69-43)47-45-46(56(68)61(47)33-35(11-5)21-15-9-3)48(62(55(45)67)34-36(12-6)22-16-10-4)50-58-32-44(70-50)38-24-26-40-42(30-38)54(66)60(52(40)64)28-20-18-14-8-2/h23-26,29-32,35-36H,7-22,27-28,33-34H2,1-6H3. The van der Waals surface area contributed by atoms with Crippen LogP contribution in [0.25, 0.3) is 32.3 Å². The lowest BCUT2D eigenvalue weighted by molar-refractivity contribution is -0.124. The minimum absolute atomic E-state index is 0.185. The van der Waals surface area contributed by atoms with Gasteiger partial charge in [0.25, 0.3) is 35.4 Å². The topological polar surface area (TPSA) is 141 Å². The molecule has 6 heterocycles. The second-order valence-electron chi connectivity index (χ2n) is 19.3. The zero-order valence-electron chi connectivity index (χ0n) is 41.9. The zero-order valence-corrected chi connectivity index (χ0v) is 43.5. The molecule has 0 N–H and O–H groups in total. The molecule has 0 radical (unpaired) electrons. The monoisotopic (exact) mass is 984 g/mol. The van der Waals surface area contributed by atoms with E-state index < -0.39 is 0 Å². The van der Waals surface area contributed by atoms with Crippen molar-refractivity contribution in [2.24, 2.45) is 11.8 Å². The quantitative estimate of drug-likeness (QED) is 0.0447. The van der Waals surface area contributed by atoms with Crippen LogP contribution in [0.4, 0.5) is 0 Å². The minimum Gasteiger partial charge on any atom is -0.304 e. The van der Waals surface area contributed by atoms with E-state index in [0.717, 1.165) is 124 Å². The number of carbonyl (C=O) groups is 6. The first-order chi connectivity index (χ1) is 34.0. The van der Waals surface area contributed by atoms with Gasteiger partial charge in [-0.3, -0.25) is 38.6 Å². The smallest absolute Gasteiger partial charge is 0.261 e. The lowest BCUT2D eigenvalue weighted by atomic mass is 9.98. The van der Waals surface area contributed by atoms with Crippen molar-refractivity contribution >= 4 is 69.5 Å². The van der Waals surface area contributed by atoms with Gasteiger partial charge < -0.3 is 9.80 Å². The highest BCUT2D eigenvalue weighted by atomic mass is 32.1. The summed E-state index contributed by atoms with van der Waals surface area (Å²) in [7, 11) is 0. The van der Waals surface area contributed by atoms with Crippen LogP contribution in [0.15, 0.2) is 59.9 Å². The van der Waals surface area contributed by atoms with E-state index in [4.69, 9.17) is 9.97 Å². The van der Waals surface area contributed by atoms with Gasteiger partial charge in [-0.15, -0.1) is 22.7 Å². The molecule has 4 aliphatic rings. The van der Waals surface area contributed by atoms with E-state index >= 15 is 9.59 Å². The van der Waals surface area contributed by atoms with E-state index in [1.54, 1.807) is 46.5 Å². The van der Waals surface area contributed by atoms with Crippen molar-refractivity contribution in [1.29, 1.82) is 0 Å². The van der Waals surface area contributed by atoms with Crippen LogP contribution in [-0.2, 0) is 9.59 Å². The minimum atomic E-state index is -0.286. The first kappa shape index (κ1) is 50.8. The first-order valence-electron chi connectivity index (χ1n) is 26.1. The fraction of sp³-hybridized carbons (Fsp3) is 0.500. The molecule has 0 saturated carbocycles. The van der Waals surface area contributed by atoms with Crippen LogP contribution in [0, 0.1) is 11.8 Å². The molecule has 2 atom stereocenters. The highest BCUT2D eigenvalue weighted by molar-refractivity contribution is 7.16. The molecule has 4 aliphatic heterocycles. The number of unbranched alkanes of at least 4 members (excludes halogenated alkanes) is 8. The maximum atomic E-state index is 15.4. The summed E-state index contributed by atoms with van der Waals surface area (Å²) in [6.45, 7) is 14.5. The third-order valence-corrected chi connectivity index (χ3v) is 16.7. The highest BCUT2D eigenvalue weighted by Gasteiger charge is 2.51. The van der Waals surface area contributed by atoms with Gasteiger partial charge in [0.05, 0.1) is 54.5 Å². The molecule has 2 aromatic carbocycles. The number of thiazole rings is 2. The first-order valence-corrected chi connectivity index (χ1v) is 27.7. The van der Waals surface area contributed by atoms with Crippen molar-refractivity contribution in [1.82, 2.24) is 29.6 Å². The predicted octanol–water partition coefficient (Wildman–Crippen LogP) is 12.5. The Morgan fingerprint density at radius 1 is 0.443 bits per heavy atom. The second-order valence-corrected chi connectivity index (χ2v) is 21.4. The van der Waals surface area contributed by atoms with Crippen molar-refractivity contribution in [3.8, 4) is 20.9 Å². The molecule has 6 amide bonds. The number of hydrogen-bond donors (Lipinski definition) is 0. The number of fused-ring (bicyclic) bond motifs is 3. The third-order valence-electron chi connectivity index (χ3n) is 14.5. The van der Waals surface area contributed by atoms with Gasteiger partial charge >= 0.3 is 0 Å². The Kier molecular flexibility index (Phi) is 16.4. The van der Waals surface area contributed by atoms with Crippen LogP contribution < -0.4 is 0 Å². The van der Waals surface area contributed by atoms with Crippen LogP contribution >= 0.6 is 22.7 Å². The van der Waals surface area contributed by atoms with E-state index in [0.29, 0.717) is 81.0 Å². The molecule has 0 spiro atoms. The van der Waals surface area contributed by atoms with Gasteiger partial charge in [0.1, 0.15) is 10.0 Å². The largest absolute Gasteiger partial charge is 0.304 e. The lowest BCUT2D eigenvalue weighted by Crippen LogP contribution is -2.34. The van der Waals surface area contributed by atoms with Gasteiger partial charge in [0, 0.05) is 38.6 Å². The fourth-order valence-electron chi connectivity index (χ4n) is 10.3. The molecule has 70 heavy (non-hydrogen) atoms. The summed E-state index contributed by atoms with van der Waals surface area (Å²) in [6, 6.07) is 10.7. The Morgan fingerprint density at radius 3 is 1.20 bits per heavy atom. The zero-order chi connectivity index (χ0) is 49.6. The summed E-state index contributed by atoms with van der Waals surface area (Å²) in [5.41, 5.74) is 4.70. The molecule has 0 bridgehead atoms. The summed E-state index contributed by atoms with van der Waals surface area (Å²) in [4.78, 5) is 102. The second kappa shape index (κ2) is 22.6. The summed E-state index contributed by atoms with van der Waals surface area (Å²) in [5, 5.41) is 1.06. The van der Waals surface area contributed by atoms with Gasteiger partial charge in [-0.25, -0.2) is 9.97 Å². The van der Waals surface area contributed by atoms with Gasteiger partial charge in [-0.1, -0.05) is 131 Å². The van der Waals surface area contributed by atoms with Crippen molar-refractivity contribution in [2.45, 2.75) is 144 Å². The van der Waals surface area contributed by atoms with Crippen molar-refractivity contribution in [3.05, 3.63) is 92.2 Å². The van der Waals surface area contributed by atoms with Crippen LogP contribution in [0.3, 0.4) is 0 Å². The summed E-state index contributed by atoms with van der Waals surface area (Å²) in [5.74, 6) is -1.23. The van der Waals surface area contributed by atoms with Gasteiger partial charge in [-0.05, 0) is 72.9 Å². The van der Waals surface area contributed by atoms with E-state index in [9.17, 15) is 19.2 Å². The van der Waals surface area contributed by atoms with Crippen LogP contribution in [0.5, 0.6) is 0 Å². The lowest BCUT2D eigenvalue weighted by Gasteiger charge is -2.28. The average molecular weight is 985 g/mol. The summed E-state index contributed by atoms with van der Waals surface area (Å²) < 4.78 is 0. The van der Waals surface area contributed by atoms with Crippen LogP contribution in [0.2, 0.25) is 0 Å². The van der Waals surface area contributed by atoms with E-state index in [2.05, 4.69) is 41.5 Å². The molecular weight excluding hydrogens is 917 g/mol. The molecule has 4 aromatic rings. The molecule has 14 heteroatoms. The van der Waals surface area contributed by atoms with E-state index in [1.165, 1.54) is 32.5 Å². The summed E-state index contributed by atoms with van der Waals surface area (Å²) in [6.07, 6.45) is 18.8. The highest BCUT2D eigenvalue weighted by Crippen LogP contribution is 2.50. The van der Waals surface area contributed by atoms with Crippen molar-refractivity contribution < 1.29 is 28.8 Å². The van der Waals surface area contributed by atoms with Crippen molar-refractivity contribution in [2.75, 3.05) is 26.2 Å². The third kappa shape index (κ3) is 9.87. The number of nitrogens with zero attached hydrogens (tertiary/aromatic N) is 6. The molecule has 12 nitrogen and oxygen atoms in total. The van der Waals surface area contributed by atoms with Crippen molar-refractivity contribution in [3.63, 3.8) is 0 Å². The Morgan fingerprint density at radius 2 is 0.829 bits per heavy atom. The molecule has 0 fully saturated rings. The molecular formula is C56H68N6O6S2. The van der Waals surface area contributed by atoms with Crippen LogP contribution in [-0.4, -0.2) is 91.2 Å². The molecule has 0 saturated heterocycles. The predicted molar refractivity (Wildman–Crippen MR) is 278 cm³/mol. The maximum absolute atomic E-state index is 15.4. The molecule has 0 aliphatic carbocycles. The van der Waals surface area contributed by atoms with E-state index in [1.807, 2.05) is 12.1 Å². The Labute approximate surface area is 421 Å². The number of amides is 6. The van der Waals surface area contributed by atoms with Gasteiger partial charge in [-0.2, -0.15) is 0 Å². The Balaban J connectivity index is 1.20. The number of carbonyl (C=O) groups excluding carboxylic acids is 6. The maximum Gasteiger partial charge on any atom is 0.261 e. The number of hydrogen-bond acceptors (Lipinski definition) is 10. The Bertz CT molecular complexity index is 2550. The molecule has 2 aromatic heterocycles. The molecule has 370 valence electrons. The SMILES string of the molecule is CCCCCCN1C(=O)c2ccc(-c3cnc(C4=C5C(=O)N(CC(CC)CCCC)C(c6ncc(-c7ccc8c(c7)C(=O)N(CCCCCC)C8=O)s6)=C5C(=O)N4CC(CC)CCCC)s3)cc2C1=O. The van der Waals surface area contributed by atoms with E-state index in [-0.39, 0.29) is 47.3 Å². The number of benzene rings is 2. The summed E-state index contributed by atoms with van der Waals surface area (Å²) >= 11 is 2.74. The number of rotatable bonds is 26. The molecule has 8 rings (SSSR count). The normalized spacial score (nSPS) is 16.5. The van der Waals surface area contributed by atoms with Gasteiger partial charge in [0.15, 0.2) is 0 Å². The van der Waals surface area contributed by atoms with Crippen LogP contribution in [0.1, 0.15) is 196 Å². The van der Waals surface area contributed by atoms with Gasteiger partial charge in [0.2, 0.25) is 0 Å². The molecule has 2 unspecified atom stereocenters. The number of aromatic nitrogens is 2. The average Bonchev–Trinajstić information content (AvgIpc) is 4.23. The Hall–Kier alpha value is -5.60. The fourth-order valence-corrected chi connectivity index (χ4v) is 12.2. The number of imide groups is 2.